The number of hydrogen-bond acceptors (Lipinski definition) is 4. The standard InChI is InChI=1S/C26H31N3O3/c1-6-8-23-25(20-11-13-21(14-12-20)27-24(31)15-17(2)3)26(32-19(5)30)29(28-23)22-10-7-9-18(4)16-22/h7,9-14,16-17H,6,8,15H2,1-5H3,(H,27,31). The zero-order chi connectivity index (χ0) is 23.3. The van der Waals surface area contributed by atoms with Gasteiger partial charge in [0.15, 0.2) is 0 Å². The third-order valence-electron chi connectivity index (χ3n) is 4.94. The largest absolute Gasteiger partial charge is 0.407 e. The zero-order valence-corrected chi connectivity index (χ0v) is 19.4. The molecule has 0 radical (unpaired) electrons. The van der Waals surface area contributed by atoms with Crippen molar-refractivity contribution in [2.24, 2.45) is 5.92 Å². The number of benzene rings is 2. The normalized spacial score (nSPS) is 10.9. The Bertz CT molecular complexity index is 1100. The summed E-state index contributed by atoms with van der Waals surface area (Å²) in [5.41, 5.74) is 5.20. The van der Waals surface area contributed by atoms with E-state index < -0.39 is 5.97 Å². The molecule has 6 nitrogen and oxygen atoms in total. The summed E-state index contributed by atoms with van der Waals surface area (Å²) in [5, 5.41) is 7.74. The molecule has 0 fully saturated rings. The molecule has 32 heavy (non-hydrogen) atoms. The van der Waals surface area contributed by atoms with Gasteiger partial charge >= 0.3 is 5.97 Å². The lowest BCUT2D eigenvalue weighted by Gasteiger charge is -2.11. The monoisotopic (exact) mass is 433 g/mol. The molecule has 0 spiro atoms. The van der Waals surface area contributed by atoms with Gasteiger partial charge in [0, 0.05) is 19.0 Å². The number of carbonyl (C=O) groups is 2. The van der Waals surface area contributed by atoms with Crippen LogP contribution in [0.2, 0.25) is 0 Å². The van der Waals surface area contributed by atoms with Crippen LogP contribution in [-0.2, 0) is 16.0 Å². The van der Waals surface area contributed by atoms with Crippen molar-refractivity contribution >= 4 is 17.6 Å². The SMILES string of the molecule is CCCc1nn(-c2cccc(C)c2)c(OC(C)=O)c1-c1ccc(NC(=O)CC(C)C)cc1. The average Bonchev–Trinajstić information content (AvgIpc) is 3.05. The van der Waals surface area contributed by atoms with Gasteiger partial charge in [-0.2, -0.15) is 9.78 Å². The number of amides is 1. The Balaban J connectivity index is 2.06. The number of hydrogen-bond donors (Lipinski definition) is 1. The van der Waals surface area contributed by atoms with Crippen molar-refractivity contribution in [3.63, 3.8) is 0 Å². The second kappa shape index (κ2) is 10.3. The van der Waals surface area contributed by atoms with Crippen molar-refractivity contribution in [2.45, 2.75) is 53.9 Å². The smallest absolute Gasteiger partial charge is 0.309 e. The van der Waals surface area contributed by atoms with Gasteiger partial charge in [0.25, 0.3) is 0 Å². The second-order valence-electron chi connectivity index (χ2n) is 8.44. The first kappa shape index (κ1) is 23.3. The summed E-state index contributed by atoms with van der Waals surface area (Å²) >= 11 is 0. The van der Waals surface area contributed by atoms with Crippen molar-refractivity contribution in [3.05, 3.63) is 59.8 Å². The van der Waals surface area contributed by atoms with E-state index >= 15 is 0 Å². The van der Waals surface area contributed by atoms with Crippen molar-refractivity contribution in [2.75, 3.05) is 5.32 Å². The van der Waals surface area contributed by atoms with E-state index in [4.69, 9.17) is 9.84 Å². The molecule has 2 aromatic carbocycles. The third kappa shape index (κ3) is 5.63. The van der Waals surface area contributed by atoms with E-state index in [2.05, 4.69) is 12.2 Å². The fraction of sp³-hybridized carbons (Fsp3) is 0.346. The lowest BCUT2D eigenvalue weighted by molar-refractivity contribution is -0.132. The number of aryl methyl sites for hydroxylation is 2. The highest BCUT2D eigenvalue weighted by Gasteiger charge is 2.23. The molecule has 0 unspecified atom stereocenters. The Hall–Kier alpha value is -3.41. The van der Waals surface area contributed by atoms with E-state index in [1.165, 1.54) is 6.92 Å². The number of anilines is 1. The number of carbonyl (C=O) groups excluding carboxylic acids is 2. The number of ether oxygens (including phenoxy) is 1. The molecule has 168 valence electrons. The van der Waals surface area contributed by atoms with Crippen LogP contribution in [0.4, 0.5) is 5.69 Å². The van der Waals surface area contributed by atoms with Crippen LogP contribution < -0.4 is 10.1 Å². The highest BCUT2D eigenvalue weighted by atomic mass is 16.5. The maximum atomic E-state index is 12.1. The molecule has 0 saturated heterocycles. The van der Waals surface area contributed by atoms with E-state index in [1.54, 1.807) is 4.68 Å². The number of nitrogens with one attached hydrogen (secondary N) is 1. The fourth-order valence-electron chi connectivity index (χ4n) is 3.62. The molecule has 0 aliphatic carbocycles. The summed E-state index contributed by atoms with van der Waals surface area (Å²) in [6, 6.07) is 15.5. The van der Waals surface area contributed by atoms with Crippen molar-refractivity contribution in [1.82, 2.24) is 9.78 Å². The molecule has 1 amide bonds. The predicted molar refractivity (Wildman–Crippen MR) is 127 cm³/mol. The first-order valence-corrected chi connectivity index (χ1v) is 11.1. The predicted octanol–water partition coefficient (Wildman–Crippen LogP) is 5.71. The van der Waals surface area contributed by atoms with Crippen molar-refractivity contribution in [3.8, 4) is 22.7 Å². The van der Waals surface area contributed by atoms with E-state index in [1.807, 2.05) is 69.3 Å². The molecule has 3 aromatic rings. The van der Waals surface area contributed by atoms with Crippen molar-refractivity contribution in [1.29, 1.82) is 0 Å². The Morgan fingerprint density at radius 3 is 2.44 bits per heavy atom. The molecule has 0 bridgehead atoms. The van der Waals surface area contributed by atoms with E-state index in [0.717, 1.165) is 46.6 Å². The number of nitrogens with zero attached hydrogens (tertiary/aromatic N) is 2. The number of rotatable bonds is 8. The van der Waals surface area contributed by atoms with Crippen LogP contribution in [0.1, 0.15) is 51.8 Å². The average molecular weight is 434 g/mol. The molecular formula is C26H31N3O3. The molecule has 0 aliphatic rings. The zero-order valence-electron chi connectivity index (χ0n) is 19.4. The lowest BCUT2D eigenvalue weighted by atomic mass is 10.0. The van der Waals surface area contributed by atoms with E-state index in [9.17, 15) is 9.59 Å². The Labute approximate surface area is 189 Å². The van der Waals surface area contributed by atoms with Crippen LogP contribution in [-0.4, -0.2) is 21.7 Å². The molecule has 0 atom stereocenters. The molecular weight excluding hydrogens is 402 g/mol. The first-order valence-electron chi connectivity index (χ1n) is 11.1. The first-order chi connectivity index (χ1) is 15.3. The van der Waals surface area contributed by atoms with Gasteiger partial charge in [0.05, 0.1) is 16.9 Å². The van der Waals surface area contributed by atoms with Crippen LogP contribution in [0.5, 0.6) is 5.88 Å². The molecule has 0 saturated carbocycles. The molecule has 1 aromatic heterocycles. The van der Waals surface area contributed by atoms with Gasteiger partial charge < -0.3 is 10.1 Å². The number of aromatic nitrogens is 2. The summed E-state index contributed by atoms with van der Waals surface area (Å²) in [4.78, 5) is 24.1. The van der Waals surface area contributed by atoms with Crippen LogP contribution in [0, 0.1) is 12.8 Å². The van der Waals surface area contributed by atoms with Gasteiger partial charge in [-0.15, -0.1) is 0 Å². The second-order valence-corrected chi connectivity index (χ2v) is 8.44. The highest BCUT2D eigenvalue weighted by molar-refractivity contribution is 5.91. The summed E-state index contributed by atoms with van der Waals surface area (Å²) in [5.74, 6) is 0.292. The molecule has 6 heteroatoms. The van der Waals surface area contributed by atoms with Crippen LogP contribution in [0.3, 0.4) is 0 Å². The molecule has 0 aliphatic heterocycles. The fourth-order valence-corrected chi connectivity index (χ4v) is 3.62. The molecule has 1 N–H and O–H groups in total. The summed E-state index contributed by atoms with van der Waals surface area (Å²) in [6.07, 6.45) is 2.12. The van der Waals surface area contributed by atoms with Gasteiger partial charge in [-0.25, -0.2) is 0 Å². The van der Waals surface area contributed by atoms with E-state index in [0.29, 0.717) is 18.2 Å². The molecule has 1 heterocycles. The van der Waals surface area contributed by atoms with Crippen molar-refractivity contribution < 1.29 is 14.3 Å². The Kier molecular flexibility index (Phi) is 7.46. The number of esters is 1. The van der Waals surface area contributed by atoms with Gasteiger partial charge in [0.1, 0.15) is 0 Å². The molecule has 3 rings (SSSR count). The topological polar surface area (TPSA) is 73.2 Å². The minimum atomic E-state index is -0.402. The van der Waals surface area contributed by atoms with Gasteiger partial charge in [-0.3, -0.25) is 9.59 Å². The van der Waals surface area contributed by atoms with Crippen LogP contribution in [0.15, 0.2) is 48.5 Å². The Morgan fingerprint density at radius 1 is 1.12 bits per heavy atom. The minimum Gasteiger partial charge on any atom is -0.407 e. The summed E-state index contributed by atoms with van der Waals surface area (Å²) in [6.45, 7) is 9.53. The maximum absolute atomic E-state index is 12.1. The highest BCUT2D eigenvalue weighted by Crippen LogP contribution is 2.37. The third-order valence-corrected chi connectivity index (χ3v) is 4.94. The Morgan fingerprint density at radius 2 is 1.84 bits per heavy atom. The summed E-state index contributed by atoms with van der Waals surface area (Å²) < 4.78 is 7.38. The maximum Gasteiger partial charge on any atom is 0.309 e. The minimum absolute atomic E-state index is 0.00714. The quantitative estimate of drug-likeness (QED) is 0.462. The van der Waals surface area contributed by atoms with Crippen LogP contribution >= 0.6 is 0 Å². The van der Waals surface area contributed by atoms with Crippen LogP contribution in [0.25, 0.3) is 16.8 Å². The van der Waals surface area contributed by atoms with Gasteiger partial charge in [-0.1, -0.05) is 51.5 Å². The summed E-state index contributed by atoms with van der Waals surface area (Å²) in [7, 11) is 0. The lowest BCUT2D eigenvalue weighted by Crippen LogP contribution is -2.13. The van der Waals surface area contributed by atoms with E-state index in [-0.39, 0.29) is 5.91 Å². The van der Waals surface area contributed by atoms with Gasteiger partial charge in [0.2, 0.25) is 11.8 Å². The van der Waals surface area contributed by atoms with Gasteiger partial charge in [-0.05, 0) is 54.7 Å².